The van der Waals surface area contributed by atoms with Crippen molar-refractivity contribution in [3.8, 4) is 0 Å². The number of hydrogen-bond donors (Lipinski definition) is 4. The van der Waals surface area contributed by atoms with E-state index in [2.05, 4.69) is 17.4 Å². The van der Waals surface area contributed by atoms with E-state index in [1.54, 1.807) is 18.2 Å². The number of hydrogen-bond acceptors (Lipinski definition) is 3. The van der Waals surface area contributed by atoms with Gasteiger partial charge in [-0.3, -0.25) is 15.0 Å². The highest BCUT2D eigenvalue weighted by Crippen LogP contribution is 2.25. The zero-order valence-electron chi connectivity index (χ0n) is 18.5. The van der Waals surface area contributed by atoms with Gasteiger partial charge < -0.3 is 21.4 Å². The number of aromatic nitrogens is 1. The molecule has 7 nitrogen and oxygen atoms in total. The van der Waals surface area contributed by atoms with Crippen LogP contribution in [0.3, 0.4) is 0 Å². The van der Waals surface area contributed by atoms with E-state index in [0.29, 0.717) is 23.4 Å². The predicted molar refractivity (Wildman–Crippen MR) is 132 cm³/mol. The first-order valence-electron chi connectivity index (χ1n) is 11.1. The summed E-state index contributed by atoms with van der Waals surface area (Å²) >= 11 is 0. The summed E-state index contributed by atoms with van der Waals surface area (Å²) in [6.45, 7) is 0.414. The molecule has 1 aliphatic rings. The number of nitrogens with two attached hydrogens (primary N) is 2. The molecule has 5 rings (SSSR count). The summed E-state index contributed by atoms with van der Waals surface area (Å²) in [5.41, 5.74) is 16.9. The molecule has 7 heteroatoms. The molecular formula is C27H25N5O2. The van der Waals surface area contributed by atoms with Crippen LogP contribution in [0.2, 0.25) is 0 Å². The van der Waals surface area contributed by atoms with E-state index in [0.717, 1.165) is 29.3 Å². The summed E-state index contributed by atoms with van der Waals surface area (Å²) < 4.78 is 1.93. The van der Waals surface area contributed by atoms with E-state index in [9.17, 15) is 9.59 Å². The predicted octanol–water partition coefficient (Wildman–Crippen LogP) is 2.97. The quantitative estimate of drug-likeness (QED) is 0.266. The average Bonchev–Trinajstić information content (AvgIpc) is 3.39. The molecule has 34 heavy (non-hydrogen) atoms. The monoisotopic (exact) mass is 451 g/mol. The summed E-state index contributed by atoms with van der Waals surface area (Å²) in [5, 5.41) is 11.9. The molecule has 0 radical (unpaired) electrons. The molecule has 4 aromatic rings. The van der Waals surface area contributed by atoms with Gasteiger partial charge in [-0.2, -0.15) is 0 Å². The molecule has 6 N–H and O–H groups in total. The molecule has 0 spiro atoms. The Morgan fingerprint density at radius 1 is 0.912 bits per heavy atom. The molecule has 0 fully saturated rings. The van der Waals surface area contributed by atoms with Crippen molar-refractivity contribution in [2.75, 3.05) is 0 Å². The SMILES string of the molecule is N=C(N)c1ccc2cc(C(=O)NC3Cc4ccccc4C3)n(Cc3ccc(C(N)=O)cc3)c2c1. The highest BCUT2D eigenvalue weighted by Gasteiger charge is 2.25. The number of nitrogens with zero attached hydrogens (tertiary/aromatic N) is 1. The van der Waals surface area contributed by atoms with Gasteiger partial charge in [0.15, 0.2) is 0 Å². The number of nitrogens with one attached hydrogen (secondary N) is 2. The van der Waals surface area contributed by atoms with E-state index in [-0.39, 0.29) is 17.8 Å². The number of fused-ring (bicyclic) bond motifs is 2. The molecule has 1 heterocycles. The van der Waals surface area contributed by atoms with E-state index < -0.39 is 5.91 Å². The third kappa shape index (κ3) is 4.03. The maximum Gasteiger partial charge on any atom is 0.268 e. The van der Waals surface area contributed by atoms with Crippen molar-refractivity contribution in [1.29, 1.82) is 5.41 Å². The van der Waals surface area contributed by atoms with Crippen LogP contribution in [0, 0.1) is 5.41 Å². The molecule has 0 saturated heterocycles. The molecule has 170 valence electrons. The Bertz CT molecular complexity index is 1410. The highest BCUT2D eigenvalue weighted by atomic mass is 16.2. The van der Waals surface area contributed by atoms with Gasteiger partial charge in [0, 0.05) is 34.6 Å². The second kappa shape index (κ2) is 8.51. The second-order valence-corrected chi connectivity index (χ2v) is 8.71. The lowest BCUT2D eigenvalue weighted by molar-refractivity contribution is 0.0929. The first-order chi connectivity index (χ1) is 16.4. The molecule has 2 amide bonds. The van der Waals surface area contributed by atoms with Crippen LogP contribution < -0.4 is 16.8 Å². The fourth-order valence-electron chi connectivity index (χ4n) is 4.66. The summed E-state index contributed by atoms with van der Waals surface area (Å²) in [7, 11) is 0. The normalized spacial score (nSPS) is 13.1. The average molecular weight is 452 g/mol. The Hall–Kier alpha value is -4.39. The van der Waals surface area contributed by atoms with Gasteiger partial charge in [0.1, 0.15) is 11.5 Å². The molecule has 0 aliphatic heterocycles. The van der Waals surface area contributed by atoms with Gasteiger partial charge in [-0.25, -0.2) is 0 Å². The first kappa shape index (κ1) is 21.5. The van der Waals surface area contributed by atoms with E-state index in [1.807, 2.05) is 47.0 Å². The largest absolute Gasteiger partial charge is 0.384 e. The summed E-state index contributed by atoms with van der Waals surface area (Å²) in [6.07, 6.45) is 1.62. The van der Waals surface area contributed by atoms with Crippen molar-refractivity contribution in [2.24, 2.45) is 11.5 Å². The molecule has 0 saturated carbocycles. The zero-order chi connectivity index (χ0) is 23.8. The van der Waals surface area contributed by atoms with Gasteiger partial charge in [0.2, 0.25) is 5.91 Å². The van der Waals surface area contributed by atoms with Crippen LogP contribution in [0.4, 0.5) is 0 Å². The number of carbonyl (C=O) groups excluding carboxylic acids is 2. The van der Waals surface area contributed by atoms with Crippen LogP contribution in [-0.2, 0) is 19.4 Å². The third-order valence-electron chi connectivity index (χ3n) is 6.41. The molecule has 0 unspecified atom stereocenters. The zero-order valence-corrected chi connectivity index (χ0v) is 18.5. The minimum Gasteiger partial charge on any atom is -0.384 e. The Kier molecular flexibility index (Phi) is 5.37. The van der Waals surface area contributed by atoms with E-state index in [4.69, 9.17) is 16.9 Å². The van der Waals surface area contributed by atoms with Gasteiger partial charge in [-0.05, 0) is 53.8 Å². The number of nitrogen functional groups attached to an aromatic ring is 1. The van der Waals surface area contributed by atoms with Gasteiger partial charge in [0.25, 0.3) is 5.91 Å². The third-order valence-corrected chi connectivity index (χ3v) is 6.41. The Labute approximate surface area is 196 Å². The van der Waals surface area contributed by atoms with Crippen molar-refractivity contribution in [2.45, 2.75) is 25.4 Å². The summed E-state index contributed by atoms with van der Waals surface area (Å²) in [4.78, 5) is 24.9. The molecule has 0 bridgehead atoms. The van der Waals surface area contributed by atoms with Crippen molar-refractivity contribution >= 4 is 28.6 Å². The fourth-order valence-corrected chi connectivity index (χ4v) is 4.66. The molecule has 1 aromatic heterocycles. The van der Waals surface area contributed by atoms with Crippen molar-refractivity contribution in [1.82, 2.24) is 9.88 Å². The lowest BCUT2D eigenvalue weighted by Gasteiger charge is -2.15. The maximum atomic E-state index is 13.4. The number of rotatable bonds is 6. The van der Waals surface area contributed by atoms with Crippen molar-refractivity contribution in [3.05, 3.63) is 106 Å². The Morgan fingerprint density at radius 3 is 2.18 bits per heavy atom. The van der Waals surface area contributed by atoms with Crippen LogP contribution in [0.1, 0.15) is 43.1 Å². The number of carbonyl (C=O) groups is 2. The van der Waals surface area contributed by atoms with Gasteiger partial charge in [-0.15, -0.1) is 0 Å². The van der Waals surface area contributed by atoms with Crippen molar-refractivity contribution in [3.63, 3.8) is 0 Å². The molecule has 0 atom stereocenters. The fraction of sp³-hybridized carbons (Fsp3) is 0.148. The van der Waals surface area contributed by atoms with Gasteiger partial charge in [0.05, 0.1) is 0 Å². The number of amides is 2. The standard InChI is InChI=1S/C27H25N5O2/c28-25(29)21-10-9-20-13-24(27(34)31-22-11-18-3-1-2-4-19(18)12-22)32(23(20)14-21)15-16-5-7-17(8-6-16)26(30)33/h1-10,13-14,22H,11-12,15H2,(H3,28,29)(H2,30,33)(H,31,34). The van der Waals surface area contributed by atoms with Crippen LogP contribution >= 0.6 is 0 Å². The number of benzene rings is 3. The van der Waals surface area contributed by atoms with Crippen LogP contribution in [0.25, 0.3) is 10.9 Å². The minimum atomic E-state index is -0.485. The number of amidine groups is 1. The van der Waals surface area contributed by atoms with Gasteiger partial charge >= 0.3 is 0 Å². The van der Waals surface area contributed by atoms with E-state index >= 15 is 0 Å². The second-order valence-electron chi connectivity index (χ2n) is 8.71. The molecule has 3 aromatic carbocycles. The first-order valence-corrected chi connectivity index (χ1v) is 11.1. The Morgan fingerprint density at radius 2 is 1.56 bits per heavy atom. The van der Waals surface area contributed by atoms with Gasteiger partial charge in [-0.1, -0.05) is 48.5 Å². The lowest BCUT2D eigenvalue weighted by atomic mass is 10.1. The maximum absolute atomic E-state index is 13.4. The smallest absolute Gasteiger partial charge is 0.268 e. The summed E-state index contributed by atoms with van der Waals surface area (Å²) in [6, 6.07) is 22.7. The van der Waals surface area contributed by atoms with Crippen molar-refractivity contribution < 1.29 is 9.59 Å². The highest BCUT2D eigenvalue weighted by molar-refractivity contribution is 6.02. The lowest BCUT2D eigenvalue weighted by Crippen LogP contribution is -2.36. The Balaban J connectivity index is 1.49. The number of primary amides is 1. The summed E-state index contributed by atoms with van der Waals surface area (Å²) in [5.74, 6) is -0.663. The van der Waals surface area contributed by atoms with Crippen LogP contribution in [0.15, 0.2) is 72.8 Å². The van der Waals surface area contributed by atoms with Crippen LogP contribution in [0.5, 0.6) is 0 Å². The van der Waals surface area contributed by atoms with E-state index in [1.165, 1.54) is 11.1 Å². The molecule has 1 aliphatic carbocycles. The van der Waals surface area contributed by atoms with Crippen LogP contribution in [-0.4, -0.2) is 28.3 Å². The molecular weight excluding hydrogens is 426 g/mol. The topological polar surface area (TPSA) is 127 Å². The minimum absolute atomic E-state index is 0.0322.